The third-order valence-electron chi connectivity index (χ3n) is 3.92. The summed E-state index contributed by atoms with van der Waals surface area (Å²) in [5, 5.41) is 2.84. The summed E-state index contributed by atoms with van der Waals surface area (Å²) in [6.07, 6.45) is 2.11. The highest BCUT2D eigenvalue weighted by molar-refractivity contribution is 7.99. The Hall–Kier alpha value is -1.60. The predicted molar refractivity (Wildman–Crippen MR) is 113 cm³/mol. The largest absolute Gasteiger partial charge is 0.441 e. The van der Waals surface area contributed by atoms with Crippen molar-refractivity contribution in [3.05, 3.63) is 41.3 Å². The molecule has 1 aromatic carbocycles. The quantitative estimate of drug-likeness (QED) is 0.572. The minimum atomic E-state index is -1.31. The van der Waals surface area contributed by atoms with Crippen LogP contribution in [0.5, 0.6) is 0 Å². The van der Waals surface area contributed by atoms with E-state index in [-0.39, 0.29) is 17.4 Å². The number of carbonyl (C=O) groups excluding carboxylic acids is 1. The van der Waals surface area contributed by atoms with Gasteiger partial charge in [-0.3, -0.25) is 9.00 Å². The van der Waals surface area contributed by atoms with Crippen LogP contribution in [-0.2, 0) is 21.3 Å². The lowest BCUT2D eigenvalue weighted by Gasteiger charge is -2.05. The molecular weight excluding hydrogens is 380 g/mol. The first-order chi connectivity index (χ1) is 13.0. The SMILES string of the molecule is CCCSCCCNC(=O)CS(=O)Cc1nc(-c2ccc(C)cc2)oc1C. The topological polar surface area (TPSA) is 72.2 Å². The van der Waals surface area contributed by atoms with Crippen molar-refractivity contribution in [2.45, 2.75) is 39.4 Å². The van der Waals surface area contributed by atoms with Crippen molar-refractivity contribution in [3.8, 4) is 11.5 Å². The number of amides is 1. The Kier molecular flexibility index (Phi) is 9.07. The second-order valence-electron chi connectivity index (χ2n) is 6.43. The molecule has 0 radical (unpaired) electrons. The van der Waals surface area contributed by atoms with Gasteiger partial charge in [0, 0.05) is 22.9 Å². The Morgan fingerprint density at radius 2 is 1.96 bits per heavy atom. The van der Waals surface area contributed by atoms with Crippen LogP contribution in [0.15, 0.2) is 28.7 Å². The molecule has 1 aromatic heterocycles. The lowest BCUT2D eigenvalue weighted by atomic mass is 10.1. The molecule has 0 aliphatic carbocycles. The molecule has 7 heteroatoms. The minimum Gasteiger partial charge on any atom is -0.441 e. The zero-order valence-electron chi connectivity index (χ0n) is 16.2. The molecule has 0 fully saturated rings. The van der Waals surface area contributed by atoms with Crippen molar-refractivity contribution in [1.29, 1.82) is 0 Å². The highest BCUT2D eigenvalue weighted by Gasteiger charge is 2.16. The van der Waals surface area contributed by atoms with Crippen molar-refractivity contribution in [3.63, 3.8) is 0 Å². The number of hydrogen-bond acceptors (Lipinski definition) is 5. The Balaban J connectivity index is 1.80. The molecule has 1 N–H and O–H groups in total. The van der Waals surface area contributed by atoms with E-state index in [1.54, 1.807) is 0 Å². The summed E-state index contributed by atoms with van der Waals surface area (Å²) in [5.74, 6) is 3.40. The highest BCUT2D eigenvalue weighted by atomic mass is 32.2. The van der Waals surface area contributed by atoms with E-state index in [4.69, 9.17) is 4.42 Å². The number of thioether (sulfide) groups is 1. The molecule has 1 amide bonds. The number of oxazole rings is 1. The smallest absolute Gasteiger partial charge is 0.232 e. The van der Waals surface area contributed by atoms with Crippen LogP contribution in [0.4, 0.5) is 0 Å². The van der Waals surface area contributed by atoms with E-state index in [1.807, 2.05) is 49.9 Å². The fourth-order valence-electron chi connectivity index (χ4n) is 2.43. The van der Waals surface area contributed by atoms with Crippen molar-refractivity contribution in [2.24, 2.45) is 0 Å². The lowest BCUT2D eigenvalue weighted by molar-refractivity contribution is -0.118. The number of aryl methyl sites for hydroxylation is 2. The maximum Gasteiger partial charge on any atom is 0.232 e. The van der Waals surface area contributed by atoms with Gasteiger partial charge in [0.15, 0.2) is 0 Å². The molecule has 1 unspecified atom stereocenters. The van der Waals surface area contributed by atoms with E-state index in [2.05, 4.69) is 17.2 Å². The molecule has 27 heavy (non-hydrogen) atoms. The van der Waals surface area contributed by atoms with Gasteiger partial charge in [-0.05, 0) is 50.3 Å². The van der Waals surface area contributed by atoms with Gasteiger partial charge >= 0.3 is 0 Å². The van der Waals surface area contributed by atoms with Crippen LogP contribution < -0.4 is 5.32 Å². The number of carbonyl (C=O) groups is 1. The minimum absolute atomic E-state index is 0.00569. The lowest BCUT2D eigenvalue weighted by Crippen LogP contribution is -2.29. The molecule has 2 rings (SSSR count). The van der Waals surface area contributed by atoms with Gasteiger partial charge in [0.05, 0.1) is 11.4 Å². The van der Waals surface area contributed by atoms with Crippen molar-refractivity contribution in [2.75, 3.05) is 23.8 Å². The van der Waals surface area contributed by atoms with Crippen molar-refractivity contribution < 1.29 is 13.4 Å². The molecule has 2 aromatic rings. The Bertz CT molecular complexity index is 757. The van der Waals surface area contributed by atoms with E-state index in [1.165, 1.54) is 12.0 Å². The van der Waals surface area contributed by atoms with Gasteiger partial charge in [-0.2, -0.15) is 11.8 Å². The van der Waals surface area contributed by atoms with Crippen LogP contribution in [-0.4, -0.2) is 38.9 Å². The molecule has 1 heterocycles. The third-order valence-corrected chi connectivity index (χ3v) is 6.37. The summed E-state index contributed by atoms with van der Waals surface area (Å²) >= 11 is 1.89. The van der Waals surface area contributed by atoms with Crippen molar-refractivity contribution in [1.82, 2.24) is 10.3 Å². The number of rotatable bonds is 11. The third kappa shape index (κ3) is 7.50. The molecule has 0 aliphatic rings. The summed E-state index contributed by atoms with van der Waals surface area (Å²) in [5.41, 5.74) is 2.70. The summed E-state index contributed by atoms with van der Waals surface area (Å²) in [7, 11) is -1.31. The maximum atomic E-state index is 12.3. The van der Waals surface area contributed by atoms with E-state index < -0.39 is 10.8 Å². The van der Waals surface area contributed by atoms with Gasteiger partial charge in [0.2, 0.25) is 11.8 Å². The first kappa shape index (κ1) is 21.7. The molecule has 0 bridgehead atoms. The molecule has 0 saturated carbocycles. The molecular formula is C20H28N2O3S2. The summed E-state index contributed by atoms with van der Waals surface area (Å²) in [6.45, 7) is 6.62. The molecule has 0 spiro atoms. The number of aromatic nitrogens is 1. The van der Waals surface area contributed by atoms with E-state index in [9.17, 15) is 9.00 Å². The van der Waals surface area contributed by atoms with Crippen LogP contribution in [0.1, 0.15) is 36.8 Å². The van der Waals surface area contributed by atoms with Crippen LogP contribution in [0.2, 0.25) is 0 Å². The highest BCUT2D eigenvalue weighted by Crippen LogP contribution is 2.22. The Labute approximate surface area is 168 Å². The fraction of sp³-hybridized carbons (Fsp3) is 0.500. The van der Waals surface area contributed by atoms with E-state index in [0.29, 0.717) is 23.9 Å². The summed E-state index contributed by atoms with van der Waals surface area (Å²) in [4.78, 5) is 16.4. The molecule has 148 valence electrons. The zero-order chi connectivity index (χ0) is 19.6. The van der Waals surface area contributed by atoms with Gasteiger partial charge in [0.25, 0.3) is 0 Å². The Morgan fingerprint density at radius 3 is 2.67 bits per heavy atom. The number of nitrogens with one attached hydrogen (secondary N) is 1. The standard InChI is InChI=1S/C20H28N2O3S2/c1-4-11-26-12-5-10-21-19(23)14-27(24)13-18-16(3)25-20(22-18)17-8-6-15(2)7-9-17/h6-9H,4-5,10-14H2,1-3H3,(H,21,23). The van der Waals surface area contributed by atoms with Gasteiger partial charge in [0.1, 0.15) is 11.5 Å². The first-order valence-corrected chi connectivity index (χ1v) is 11.9. The molecule has 0 aliphatic heterocycles. The summed E-state index contributed by atoms with van der Waals surface area (Å²) < 4.78 is 18.0. The zero-order valence-corrected chi connectivity index (χ0v) is 17.9. The second-order valence-corrected chi connectivity index (χ2v) is 9.11. The van der Waals surface area contributed by atoms with Crippen molar-refractivity contribution >= 4 is 28.5 Å². The fourth-order valence-corrected chi connectivity index (χ4v) is 4.34. The van der Waals surface area contributed by atoms with E-state index >= 15 is 0 Å². The van der Waals surface area contributed by atoms with Gasteiger partial charge in [-0.1, -0.05) is 24.6 Å². The molecule has 5 nitrogen and oxygen atoms in total. The maximum absolute atomic E-state index is 12.3. The number of nitrogens with zero attached hydrogens (tertiary/aromatic N) is 1. The monoisotopic (exact) mass is 408 g/mol. The normalized spacial score (nSPS) is 12.1. The second kappa shape index (κ2) is 11.3. The average Bonchev–Trinajstić information content (AvgIpc) is 2.99. The van der Waals surface area contributed by atoms with Gasteiger partial charge < -0.3 is 9.73 Å². The van der Waals surface area contributed by atoms with Gasteiger partial charge in [-0.15, -0.1) is 0 Å². The first-order valence-electron chi connectivity index (χ1n) is 9.22. The van der Waals surface area contributed by atoms with Crippen LogP contribution >= 0.6 is 11.8 Å². The van der Waals surface area contributed by atoms with Gasteiger partial charge in [-0.25, -0.2) is 4.98 Å². The van der Waals surface area contributed by atoms with Crippen LogP contribution in [0.3, 0.4) is 0 Å². The van der Waals surface area contributed by atoms with Crippen LogP contribution in [0, 0.1) is 13.8 Å². The van der Waals surface area contributed by atoms with Crippen LogP contribution in [0.25, 0.3) is 11.5 Å². The Morgan fingerprint density at radius 1 is 1.22 bits per heavy atom. The molecule has 0 saturated heterocycles. The number of hydrogen-bond donors (Lipinski definition) is 1. The summed E-state index contributed by atoms with van der Waals surface area (Å²) in [6, 6.07) is 7.90. The predicted octanol–water partition coefficient (Wildman–Crippen LogP) is 3.86. The number of benzene rings is 1. The van der Waals surface area contributed by atoms with E-state index in [0.717, 1.165) is 23.5 Å². The average molecular weight is 409 g/mol. The molecule has 1 atom stereocenters.